The second kappa shape index (κ2) is 21.1. The molecule has 4 aliphatic rings. The second-order valence-electron chi connectivity index (χ2n) is 23.2. The van der Waals surface area contributed by atoms with Crippen molar-refractivity contribution in [2.24, 2.45) is 41.4 Å². The highest BCUT2D eigenvalue weighted by Crippen LogP contribution is 2.64. The van der Waals surface area contributed by atoms with Crippen molar-refractivity contribution in [2.45, 2.75) is 179 Å². The molecular weight excluding hydrogens is 1010 g/mol. The Bertz CT molecular complexity index is 2690. The topological polar surface area (TPSA) is 363 Å². The van der Waals surface area contributed by atoms with E-state index in [9.17, 15) is 88.8 Å². The summed E-state index contributed by atoms with van der Waals surface area (Å²) >= 11 is 0. The SMILES string of the molecule is Cc1c(C)c(OC(=O)[C@@H](O)[C@](O)(C(=O)C(C)C)[C@@](O)(C(=O)C(C)C)[C@@](O)(C=O)C(=O)C(C)C)c2c3c1C[C@@H]1[C@@H]4C=C[C@H](OC(=O)[C@@H](O)[C@](O)(C(=O)C(C)C)[C@@](O)(C(=O)C(C)C)[C@@](O)(C=O)C(=O)C(C)C)[C@H](O2)[C@]34CCN1C. The van der Waals surface area contributed by atoms with Crippen molar-refractivity contribution in [3.8, 4) is 11.5 Å². The average Bonchev–Trinajstić information content (AvgIpc) is 3.73. The fourth-order valence-corrected chi connectivity index (χ4v) is 12.2. The highest BCUT2D eigenvalue weighted by molar-refractivity contribution is 6.16. The van der Waals surface area contributed by atoms with Gasteiger partial charge in [0.1, 0.15) is 6.10 Å². The van der Waals surface area contributed by atoms with Gasteiger partial charge in [-0.3, -0.25) is 38.4 Å². The average molecular weight is 1090 g/mol. The van der Waals surface area contributed by atoms with E-state index in [2.05, 4.69) is 4.90 Å². The number of ketones is 6. The Balaban J connectivity index is 1.72. The first-order valence-electron chi connectivity index (χ1n) is 25.8. The highest BCUT2D eigenvalue weighted by Gasteiger charge is 2.78. The van der Waals surface area contributed by atoms with Crippen molar-refractivity contribution < 1.29 is 103 Å². The number of aldehydes is 2. The molecule has 1 fully saturated rings. The third-order valence-corrected chi connectivity index (χ3v) is 16.6. The molecule has 1 spiro atoms. The normalized spacial score (nSPS) is 26.2. The third-order valence-electron chi connectivity index (χ3n) is 16.6. The first-order chi connectivity index (χ1) is 35.2. The third kappa shape index (κ3) is 8.54. The largest absolute Gasteiger partial charge is 0.481 e. The molecule has 0 saturated carbocycles. The number of hydrogen-bond donors (Lipinski definition) is 8. The molecular formula is C55H75NO21. The van der Waals surface area contributed by atoms with Gasteiger partial charge >= 0.3 is 11.9 Å². The van der Waals surface area contributed by atoms with Gasteiger partial charge in [0, 0.05) is 58.4 Å². The monoisotopic (exact) mass is 1090 g/mol. The molecule has 2 aliphatic carbocycles. The molecule has 0 unspecified atom stereocenters. The standard InChI is InChI=1S/C55H75NO21/c1-23(2)38(59)50(69,21-57)54(73,42(63)27(9)10)52(71,40(61)25(5)6)44(65)47(67)75-34-17-16-32-33-20-31-29(13)30(14)36(37-35(31)49(32,46(34)76-37)18-19-56(33)15)77-48(68)45(66)53(72,41(62)26(7)8)55(74,43(64)28(11)12)51(70,22-58)39(60)24(3)4/h16-17,21-28,32-34,44-46,65-66,69-74H,18-20H2,1-15H3/t32-,33+,34-,44+,45+,46-,49-,50+,51+,52+,53+,54+,55+/m0/s1. The lowest BCUT2D eigenvalue weighted by Gasteiger charge is -2.57. The molecule has 1 saturated heterocycles. The van der Waals surface area contributed by atoms with Crippen LogP contribution in [0.1, 0.15) is 112 Å². The smallest absolute Gasteiger partial charge is 0.344 e. The van der Waals surface area contributed by atoms with Crippen LogP contribution in [0.4, 0.5) is 0 Å². The Kier molecular flexibility index (Phi) is 17.1. The van der Waals surface area contributed by atoms with Crippen LogP contribution in [0.25, 0.3) is 0 Å². The fraction of sp³-hybridized carbons (Fsp3) is 0.673. The van der Waals surface area contributed by atoms with E-state index in [1.807, 2.05) is 7.05 Å². The van der Waals surface area contributed by atoms with E-state index < -0.39 is 170 Å². The Morgan fingerprint density at radius 3 is 1.42 bits per heavy atom. The number of piperidine rings is 1. The number of rotatable bonds is 24. The van der Waals surface area contributed by atoms with Crippen LogP contribution < -0.4 is 9.47 Å². The Morgan fingerprint density at radius 1 is 0.623 bits per heavy atom. The van der Waals surface area contributed by atoms with Gasteiger partial charge in [0.25, 0.3) is 0 Å². The number of aliphatic hydroxyl groups is 8. The highest BCUT2D eigenvalue weighted by atomic mass is 16.6. The maximum absolute atomic E-state index is 14.7. The van der Waals surface area contributed by atoms with Crippen LogP contribution in [0.2, 0.25) is 0 Å². The van der Waals surface area contributed by atoms with Crippen LogP contribution in [0.3, 0.4) is 0 Å². The van der Waals surface area contributed by atoms with Crippen molar-refractivity contribution in [2.75, 3.05) is 13.6 Å². The van der Waals surface area contributed by atoms with Gasteiger partial charge in [0.2, 0.25) is 22.4 Å². The van der Waals surface area contributed by atoms with E-state index in [1.165, 1.54) is 40.7 Å². The van der Waals surface area contributed by atoms with Crippen LogP contribution in [-0.2, 0) is 64.5 Å². The van der Waals surface area contributed by atoms with Gasteiger partial charge < -0.3 is 60.0 Å². The molecule has 0 amide bonds. The summed E-state index contributed by atoms with van der Waals surface area (Å²) in [5.74, 6) is -23.6. The first kappa shape index (κ1) is 62.5. The van der Waals surface area contributed by atoms with E-state index >= 15 is 0 Å². The van der Waals surface area contributed by atoms with E-state index in [-0.39, 0.29) is 23.8 Å². The molecule has 2 aliphatic heterocycles. The summed E-state index contributed by atoms with van der Waals surface area (Å²) < 4.78 is 18.5. The lowest BCUT2D eigenvalue weighted by Crippen LogP contribution is -2.82. The number of likely N-dealkylation sites (N-methyl/N-ethyl adjacent to an activating group) is 1. The molecule has 2 heterocycles. The maximum Gasteiger partial charge on any atom is 0.344 e. The number of benzene rings is 1. The number of carbonyl (C=O) groups excluding carboxylic acids is 10. The Morgan fingerprint density at radius 2 is 1.03 bits per heavy atom. The molecule has 8 N–H and O–H groups in total. The van der Waals surface area contributed by atoms with Gasteiger partial charge in [-0.2, -0.15) is 0 Å². The van der Waals surface area contributed by atoms with Gasteiger partial charge in [0.15, 0.2) is 88.3 Å². The van der Waals surface area contributed by atoms with Gasteiger partial charge in [0.05, 0.1) is 0 Å². The number of likely N-dealkylation sites (tertiary alicyclic amines) is 1. The molecule has 1 aromatic carbocycles. The van der Waals surface area contributed by atoms with Gasteiger partial charge in [-0.05, 0) is 63.0 Å². The lowest BCUT2D eigenvalue weighted by molar-refractivity contribution is -0.249. The number of nitrogens with zero attached hydrogens (tertiary/aromatic N) is 1. The molecule has 5 rings (SSSR count). The van der Waals surface area contributed by atoms with Crippen molar-refractivity contribution >= 4 is 59.2 Å². The van der Waals surface area contributed by atoms with Crippen LogP contribution in [-0.4, -0.2) is 183 Å². The Labute approximate surface area is 446 Å². The quantitative estimate of drug-likeness (QED) is 0.0211. The van der Waals surface area contributed by atoms with Crippen LogP contribution in [0.5, 0.6) is 11.5 Å². The molecule has 2 bridgehead atoms. The molecule has 1 aromatic rings. The molecule has 22 nitrogen and oxygen atoms in total. The number of hydrogen-bond acceptors (Lipinski definition) is 22. The predicted molar refractivity (Wildman–Crippen MR) is 268 cm³/mol. The first-order valence-corrected chi connectivity index (χ1v) is 25.8. The van der Waals surface area contributed by atoms with Crippen molar-refractivity contribution in [3.63, 3.8) is 0 Å². The van der Waals surface area contributed by atoms with E-state index in [1.54, 1.807) is 13.0 Å². The van der Waals surface area contributed by atoms with Crippen molar-refractivity contribution in [1.29, 1.82) is 0 Å². The van der Waals surface area contributed by atoms with Gasteiger partial charge in [-0.25, -0.2) is 9.59 Å². The zero-order valence-electron chi connectivity index (χ0n) is 46.2. The van der Waals surface area contributed by atoms with E-state index in [0.717, 1.165) is 55.4 Å². The zero-order chi connectivity index (χ0) is 59.2. The summed E-state index contributed by atoms with van der Waals surface area (Å²) in [6, 6.07) is -0.274. The number of esters is 2. The minimum absolute atomic E-state index is 0.155. The van der Waals surface area contributed by atoms with E-state index in [4.69, 9.17) is 14.2 Å². The van der Waals surface area contributed by atoms with Gasteiger partial charge in [-0.15, -0.1) is 0 Å². The summed E-state index contributed by atoms with van der Waals surface area (Å²) in [7, 11) is 1.88. The second-order valence-corrected chi connectivity index (χ2v) is 23.2. The number of carbonyl (C=O) groups is 10. The minimum atomic E-state index is -4.25. The van der Waals surface area contributed by atoms with E-state index in [0.29, 0.717) is 29.7 Å². The van der Waals surface area contributed by atoms with Crippen molar-refractivity contribution in [3.05, 3.63) is 34.4 Å². The number of ether oxygens (including phenoxy) is 3. The maximum atomic E-state index is 14.7. The number of Topliss-reactive ketones (excluding diaryl/α,β-unsaturated/α-hetero) is 6. The summed E-state index contributed by atoms with van der Waals surface area (Å²) in [4.78, 5) is 141. The van der Waals surface area contributed by atoms with Crippen LogP contribution in [0.15, 0.2) is 12.2 Å². The summed E-state index contributed by atoms with van der Waals surface area (Å²) in [5, 5.41) is 97.7. The van der Waals surface area contributed by atoms with Crippen LogP contribution in [0, 0.1) is 55.3 Å². The molecule has 77 heavy (non-hydrogen) atoms. The zero-order valence-corrected chi connectivity index (χ0v) is 46.2. The van der Waals surface area contributed by atoms with Crippen molar-refractivity contribution in [1.82, 2.24) is 4.90 Å². The lowest BCUT2D eigenvalue weighted by atomic mass is 9.53. The predicted octanol–water partition coefficient (Wildman–Crippen LogP) is -0.578. The molecule has 0 radical (unpaired) electrons. The number of aliphatic hydroxyl groups excluding tert-OH is 2. The molecule has 0 aromatic heterocycles. The molecule has 426 valence electrons. The molecule has 22 heteroatoms. The van der Waals surface area contributed by atoms with Gasteiger partial charge in [-0.1, -0.05) is 89.2 Å². The molecule has 13 atom stereocenters. The summed E-state index contributed by atoms with van der Waals surface area (Å²) in [5.41, 5.74) is -24.3. The minimum Gasteiger partial charge on any atom is -0.481 e. The summed E-state index contributed by atoms with van der Waals surface area (Å²) in [6.45, 7) is 17.3. The van der Waals surface area contributed by atoms with Crippen LogP contribution >= 0.6 is 0 Å². The summed E-state index contributed by atoms with van der Waals surface area (Å²) in [6.07, 6.45) is -7.25. The Hall–Kier alpha value is -5.30. The fourth-order valence-electron chi connectivity index (χ4n) is 12.2.